The molecule has 10 nitrogen and oxygen atoms in total. The molecule has 1 N–H and O–H groups in total. The Bertz CT molecular complexity index is 1420. The summed E-state index contributed by atoms with van der Waals surface area (Å²) in [4.78, 5) is 15.5. The third-order valence-corrected chi connectivity index (χ3v) is 12.5. The summed E-state index contributed by atoms with van der Waals surface area (Å²) in [6.45, 7) is 8.90. The zero-order valence-electron chi connectivity index (χ0n) is 23.6. The van der Waals surface area contributed by atoms with Crippen LogP contribution >= 0.6 is 0 Å². The third-order valence-electron chi connectivity index (χ3n) is 10.5. The zero-order valence-corrected chi connectivity index (χ0v) is 24.4. The van der Waals surface area contributed by atoms with Crippen molar-refractivity contribution in [3.05, 3.63) is 46.9 Å². The van der Waals surface area contributed by atoms with Crippen molar-refractivity contribution < 1.29 is 23.0 Å². The van der Waals surface area contributed by atoms with Crippen LogP contribution < -0.4 is 15.2 Å². The Hall–Kier alpha value is -2.47. The number of hydrogen-bond acceptors (Lipinski definition) is 8. The van der Waals surface area contributed by atoms with Gasteiger partial charge in [-0.3, -0.25) is 4.79 Å². The molecule has 6 rings (SSSR count). The molecular weight excluding hydrogens is 532 g/mol. The lowest BCUT2D eigenvalue weighted by atomic mass is 9.54. The molecule has 2 aromatic rings. The number of hydrogen-bond donors (Lipinski definition) is 1. The Labute approximate surface area is 235 Å². The Kier molecular flexibility index (Phi) is 6.80. The monoisotopic (exact) mass is 572 g/mol. The van der Waals surface area contributed by atoms with E-state index in [1.807, 2.05) is 30.0 Å². The van der Waals surface area contributed by atoms with Crippen molar-refractivity contribution in [3.63, 3.8) is 0 Å². The topological polar surface area (TPSA) is 114 Å². The summed E-state index contributed by atoms with van der Waals surface area (Å²) in [5.41, 5.74) is 0.357. The molecule has 1 saturated heterocycles. The molecule has 2 heterocycles. The molecule has 1 aromatic carbocycles. The quantitative estimate of drug-likeness (QED) is 0.432. The summed E-state index contributed by atoms with van der Waals surface area (Å²) in [5, 5.41) is 15.4. The van der Waals surface area contributed by atoms with E-state index in [0.717, 1.165) is 12.8 Å². The smallest absolute Gasteiger partial charge is 0.316 e. The van der Waals surface area contributed by atoms with Crippen LogP contribution in [0.15, 0.2) is 41.3 Å². The van der Waals surface area contributed by atoms with Crippen LogP contribution in [0.4, 0.5) is 5.69 Å². The third kappa shape index (κ3) is 3.95. The van der Waals surface area contributed by atoms with E-state index in [0.29, 0.717) is 63.1 Å². The molecule has 3 unspecified atom stereocenters. The lowest BCUT2D eigenvalue weighted by Gasteiger charge is -2.53. The predicted molar refractivity (Wildman–Crippen MR) is 151 cm³/mol. The lowest BCUT2D eigenvalue weighted by molar-refractivity contribution is -0.0822. The molecule has 4 aliphatic rings. The summed E-state index contributed by atoms with van der Waals surface area (Å²) in [5.74, 6) is 0.616. The highest BCUT2D eigenvalue weighted by molar-refractivity contribution is 7.89. The van der Waals surface area contributed by atoms with Crippen LogP contribution in [0.5, 0.6) is 5.75 Å². The normalized spacial score (nSPS) is 30.9. The van der Waals surface area contributed by atoms with Crippen LogP contribution in [0.1, 0.15) is 40.0 Å². The van der Waals surface area contributed by atoms with Crippen molar-refractivity contribution in [2.75, 3.05) is 56.7 Å². The Balaban J connectivity index is 1.19. The standard InChI is InChI=1S/C29H40N4O6S/c1-4-38-16-17-39-25-22(19-30-33(26(25)35)21-8-6-5-7-9-21)31-12-14-32(15-13-31)40(36,37)20-28-10-11-29(28)23(18-24(28)34)27(29,2)3/h5-9,19,23-24,34H,4,10-18,20H2,1-3H3/t23?,24?,28-,29?/m1/s1. The van der Waals surface area contributed by atoms with Gasteiger partial charge in [-0.25, -0.2) is 8.42 Å². The van der Waals surface area contributed by atoms with Crippen LogP contribution in [-0.2, 0) is 14.8 Å². The van der Waals surface area contributed by atoms with Crippen molar-refractivity contribution in [3.8, 4) is 11.4 Å². The van der Waals surface area contributed by atoms with Crippen molar-refractivity contribution in [2.24, 2.45) is 22.2 Å². The highest BCUT2D eigenvalue weighted by Crippen LogP contribution is 2.90. The van der Waals surface area contributed by atoms with Crippen molar-refractivity contribution >= 4 is 15.7 Å². The number of anilines is 1. The maximum Gasteiger partial charge on any atom is 0.316 e. The van der Waals surface area contributed by atoms with Gasteiger partial charge in [0.2, 0.25) is 15.8 Å². The molecular formula is C29H40N4O6S. The molecule has 0 radical (unpaired) electrons. The minimum atomic E-state index is -3.57. The fourth-order valence-corrected chi connectivity index (χ4v) is 10.5. The van der Waals surface area contributed by atoms with E-state index >= 15 is 0 Å². The summed E-state index contributed by atoms with van der Waals surface area (Å²) < 4.78 is 41.6. The number of nitrogens with zero attached hydrogens (tertiary/aromatic N) is 4. The van der Waals surface area contributed by atoms with Gasteiger partial charge < -0.3 is 19.5 Å². The maximum absolute atomic E-state index is 13.7. The van der Waals surface area contributed by atoms with Gasteiger partial charge in [0.25, 0.3) is 0 Å². The molecule has 4 fully saturated rings. The van der Waals surface area contributed by atoms with Gasteiger partial charge in [-0.2, -0.15) is 14.1 Å². The van der Waals surface area contributed by atoms with Gasteiger partial charge >= 0.3 is 5.56 Å². The molecule has 1 aliphatic heterocycles. The maximum atomic E-state index is 13.7. The van der Waals surface area contributed by atoms with Gasteiger partial charge in [0, 0.05) is 38.2 Å². The fraction of sp³-hybridized carbons (Fsp3) is 0.655. The Morgan fingerprint density at radius 2 is 1.80 bits per heavy atom. The van der Waals surface area contributed by atoms with Gasteiger partial charge in [-0.05, 0) is 55.1 Å². The zero-order chi connectivity index (χ0) is 28.3. The van der Waals surface area contributed by atoms with Gasteiger partial charge in [0.1, 0.15) is 12.3 Å². The van der Waals surface area contributed by atoms with Crippen molar-refractivity contribution in [1.29, 1.82) is 0 Å². The summed E-state index contributed by atoms with van der Waals surface area (Å²) in [6.07, 6.45) is 3.58. The van der Waals surface area contributed by atoms with Crippen LogP contribution in [-0.4, -0.2) is 85.5 Å². The summed E-state index contributed by atoms with van der Waals surface area (Å²) in [6, 6.07) is 9.16. The average molecular weight is 573 g/mol. The first-order valence-corrected chi connectivity index (χ1v) is 16.0. The molecule has 40 heavy (non-hydrogen) atoms. The minimum absolute atomic E-state index is 0.0154. The molecule has 11 heteroatoms. The largest absolute Gasteiger partial charge is 0.484 e. The number of aromatic nitrogens is 2. The van der Waals surface area contributed by atoms with Crippen LogP contribution in [0.2, 0.25) is 0 Å². The van der Waals surface area contributed by atoms with E-state index in [1.165, 1.54) is 4.68 Å². The first-order chi connectivity index (χ1) is 19.1. The highest BCUT2D eigenvalue weighted by Gasteiger charge is 2.88. The molecule has 1 spiro atoms. The summed E-state index contributed by atoms with van der Waals surface area (Å²) in [7, 11) is -3.57. The number of ether oxygens (including phenoxy) is 2. The predicted octanol–water partition coefficient (Wildman–Crippen LogP) is 2.29. The van der Waals surface area contributed by atoms with Crippen LogP contribution in [0, 0.1) is 22.2 Å². The number of piperazine rings is 1. The number of para-hydroxylation sites is 1. The van der Waals surface area contributed by atoms with Gasteiger partial charge in [-0.15, -0.1) is 0 Å². The van der Waals surface area contributed by atoms with E-state index in [2.05, 4.69) is 18.9 Å². The van der Waals surface area contributed by atoms with E-state index in [1.54, 1.807) is 22.6 Å². The molecule has 0 bridgehead atoms. The number of aliphatic hydroxyl groups is 1. The van der Waals surface area contributed by atoms with E-state index in [9.17, 15) is 18.3 Å². The Morgan fingerprint density at radius 1 is 1.07 bits per heavy atom. The molecule has 3 aliphatic carbocycles. The highest BCUT2D eigenvalue weighted by atomic mass is 32.2. The number of aliphatic hydroxyl groups excluding tert-OH is 1. The lowest BCUT2D eigenvalue weighted by Crippen LogP contribution is -2.58. The molecule has 3 saturated carbocycles. The van der Waals surface area contributed by atoms with Gasteiger partial charge in [0.15, 0.2) is 0 Å². The second kappa shape index (κ2) is 9.82. The van der Waals surface area contributed by atoms with Crippen LogP contribution in [0.25, 0.3) is 5.69 Å². The molecule has 218 valence electrons. The molecule has 4 atom stereocenters. The van der Waals surface area contributed by atoms with Gasteiger partial charge in [-0.1, -0.05) is 32.0 Å². The van der Waals surface area contributed by atoms with Crippen molar-refractivity contribution in [2.45, 2.75) is 46.1 Å². The fourth-order valence-electron chi connectivity index (χ4n) is 8.39. The second-order valence-electron chi connectivity index (χ2n) is 12.3. The average Bonchev–Trinajstić information content (AvgIpc) is 3.39. The minimum Gasteiger partial charge on any atom is -0.484 e. The number of benzene rings is 1. The first kappa shape index (κ1) is 27.7. The Morgan fingerprint density at radius 3 is 2.45 bits per heavy atom. The van der Waals surface area contributed by atoms with E-state index < -0.39 is 21.5 Å². The second-order valence-corrected chi connectivity index (χ2v) is 14.2. The summed E-state index contributed by atoms with van der Waals surface area (Å²) >= 11 is 0. The molecule has 0 amide bonds. The molecule has 1 aromatic heterocycles. The van der Waals surface area contributed by atoms with E-state index in [-0.39, 0.29) is 34.5 Å². The van der Waals surface area contributed by atoms with Gasteiger partial charge in [0.05, 0.1) is 30.3 Å². The van der Waals surface area contributed by atoms with Crippen LogP contribution in [0.3, 0.4) is 0 Å². The van der Waals surface area contributed by atoms with E-state index in [4.69, 9.17) is 9.47 Å². The first-order valence-electron chi connectivity index (χ1n) is 14.4. The number of sulfonamides is 1. The SMILES string of the molecule is CCOCCOc1c(N2CCN(S(=O)(=O)C[C@@]34CCC35C(CC4O)C5(C)C)CC2)cnn(-c2ccccc2)c1=O. The van der Waals surface area contributed by atoms with Crippen molar-refractivity contribution in [1.82, 2.24) is 14.1 Å². The number of rotatable bonds is 10.